The van der Waals surface area contributed by atoms with Crippen molar-refractivity contribution in [1.82, 2.24) is 0 Å². The molecule has 0 aromatic carbocycles. The molecule has 4 rings (SSSR count). The molecule has 0 nitrogen and oxygen atoms in total. The maximum Gasteiger partial charge on any atom is -0.00843 e. The van der Waals surface area contributed by atoms with Gasteiger partial charge in [-0.05, 0) is 92.0 Å². The van der Waals surface area contributed by atoms with E-state index in [0.29, 0.717) is 7.92 Å². The molecule has 0 aromatic heterocycles. The summed E-state index contributed by atoms with van der Waals surface area (Å²) in [6.45, 7) is 5.15. The highest BCUT2D eigenvalue weighted by molar-refractivity contribution is 7.61. The Hall–Kier alpha value is 0.430. The van der Waals surface area contributed by atoms with Crippen LogP contribution in [-0.2, 0) is 0 Å². The minimum atomic E-state index is 0.293. The molecule has 0 saturated heterocycles. The van der Waals surface area contributed by atoms with E-state index >= 15 is 0 Å². The lowest BCUT2D eigenvalue weighted by atomic mass is 9.99. The second-order valence-electron chi connectivity index (χ2n) is 8.21. The molecule has 4 aliphatic carbocycles. The maximum atomic E-state index is 2.58. The lowest BCUT2D eigenvalue weighted by Crippen LogP contribution is -2.36. The lowest BCUT2D eigenvalue weighted by molar-refractivity contribution is 0.470. The van der Waals surface area contributed by atoms with Crippen molar-refractivity contribution in [2.75, 3.05) is 0 Å². The Kier molecular flexibility index (Phi) is 2.69. The second kappa shape index (κ2) is 3.97. The molecule has 102 valence electrons. The van der Waals surface area contributed by atoms with Crippen LogP contribution in [0.15, 0.2) is 0 Å². The topological polar surface area (TPSA) is 0 Å². The highest BCUT2D eigenvalue weighted by Gasteiger charge is 2.59. The summed E-state index contributed by atoms with van der Waals surface area (Å²) in [6.07, 6.45) is 16.1. The molecule has 4 bridgehead atoms. The Bertz CT molecular complexity index is 300. The van der Waals surface area contributed by atoms with Gasteiger partial charge in [-0.25, -0.2) is 0 Å². The summed E-state index contributed by atoms with van der Waals surface area (Å²) in [5, 5.41) is 1.74. The van der Waals surface area contributed by atoms with E-state index in [-0.39, 0.29) is 0 Å². The summed E-state index contributed by atoms with van der Waals surface area (Å²) in [6, 6.07) is 0. The zero-order valence-corrected chi connectivity index (χ0v) is 13.1. The third kappa shape index (κ3) is 1.54. The van der Waals surface area contributed by atoms with Crippen LogP contribution in [0, 0.1) is 11.8 Å². The molecule has 18 heavy (non-hydrogen) atoms. The SMILES string of the molecule is CC(C)P(C12CCC(CC1)C2)C12CCC(CC1)C2. The average molecular weight is 264 g/mol. The number of fused-ring (bicyclic) bond motifs is 4. The minimum Gasteiger partial charge on any atom is -0.0913 e. The Balaban J connectivity index is 1.69. The van der Waals surface area contributed by atoms with E-state index in [4.69, 9.17) is 0 Å². The van der Waals surface area contributed by atoms with Crippen molar-refractivity contribution in [2.24, 2.45) is 11.8 Å². The Morgan fingerprint density at radius 1 is 0.778 bits per heavy atom. The zero-order chi connectivity index (χ0) is 12.4. The first kappa shape index (κ1) is 12.2. The first-order valence-corrected chi connectivity index (χ1v) is 9.84. The normalized spacial score (nSPS) is 51.5. The van der Waals surface area contributed by atoms with Crippen molar-refractivity contribution in [3.8, 4) is 0 Å². The Labute approximate surface area is 114 Å². The van der Waals surface area contributed by atoms with Gasteiger partial charge < -0.3 is 0 Å². The summed E-state index contributed by atoms with van der Waals surface area (Å²) < 4.78 is 0. The molecule has 0 unspecified atom stereocenters. The van der Waals surface area contributed by atoms with Crippen LogP contribution < -0.4 is 0 Å². The van der Waals surface area contributed by atoms with Crippen LogP contribution in [0.1, 0.15) is 78.1 Å². The molecule has 4 aliphatic rings. The monoisotopic (exact) mass is 264 g/mol. The van der Waals surface area contributed by atoms with Gasteiger partial charge in [-0.15, -0.1) is 0 Å². The number of rotatable bonds is 3. The molecule has 0 N–H and O–H groups in total. The molecule has 0 amide bonds. The van der Waals surface area contributed by atoms with Crippen molar-refractivity contribution >= 4 is 7.92 Å². The van der Waals surface area contributed by atoms with Crippen molar-refractivity contribution < 1.29 is 0 Å². The van der Waals surface area contributed by atoms with Gasteiger partial charge in [-0.3, -0.25) is 0 Å². The smallest absolute Gasteiger partial charge is 0.00843 e. The maximum absolute atomic E-state index is 2.58. The molecule has 0 spiro atoms. The Morgan fingerprint density at radius 3 is 1.39 bits per heavy atom. The van der Waals surface area contributed by atoms with Gasteiger partial charge in [0.15, 0.2) is 0 Å². The van der Waals surface area contributed by atoms with Gasteiger partial charge in [-0.1, -0.05) is 21.8 Å². The lowest BCUT2D eigenvalue weighted by Gasteiger charge is -2.50. The largest absolute Gasteiger partial charge is 0.0913 e. The fourth-order valence-electron chi connectivity index (χ4n) is 6.60. The molecule has 0 atom stereocenters. The van der Waals surface area contributed by atoms with Gasteiger partial charge in [0.1, 0.15) is 0 Å². The standard InChI is InChI=1S/C17H29P/c1-13(2)18(16-7-3-14(11-16)4-8-16)17-9-5-15(12-17)6-10-17/h13-15H,3-12H2,1-2H3. The predicted molar refractivity (Wildman–Crippen MR) is 80.7 cm³/mol. The molecule has 0 aliphatic heterocycles. The van der Waals surface area contributed by atoms with Crippen molar-refractivity contribution in [2.45, 2.75) is 94.0 Å². The molecular weight excluding hydrogens is 235 g/mol. The number of hydrogen-bond donors (Lipinski definition) is 0. The molecule has 0 radical (unpaired) electrons. The van der Waals surface area contributed by atoms with E-state index in [1.54, 1.807) is 64.2 Å². The third-order valence-electron chi connectivity index (χ3n) is 6.95. The quantitative estimate of drug-likeness (QED) is 0.587. The first-order valence-electron chi connectivity index (χ1n) is 8.43. The van der Waals surface area contributed by atoms with E-state index in [9.17, 15) is 0 Å². The van der Waals surface area contributed by atoms with Gasteiger partial charge in [0.25, 0.3) is 0 Å². The molecule has 4 saturated carbocycles. The van der Waals surface area contributed by atoms with Crippen LogP contribution >= 0.6 is 7.92 Å². The van der Waals surface area contributed by atoms with Gasteiger partial charge in [0, 0.05) is 0 Å². The summed E-state index contributed by atoms with van der Waals surface area (Å²) in [7, 11) is 0.293. The van der Waals surface area contributed by atoms with E-state index in [1.165, 1.54) is 0 Å². The third-order valence-corrected chi connectivity index (χ3v) is 11.3. The minimum absolute atomic E-state index is 0.293. The highest BCUT2D eigenvalue weighted by atomic mass is 31.1. The van der Waals surface area contributed by atoms with Gasteiger partial charge in [0.2, 0.25) is 0 Å². The molecule has 0 heterocycles. The van der Waals surface area contributed by atoms with E-state index in [0.717, 1.165) is 27.8 Å². The summed E-state index contributed by atoms with van der Waals surface area (Å²) in [4.78, 5) is 0. The van der Waals surface area contributed by atoms with Crippen molar-refractivity contribution in [3.05, 3.63) is 0 Å². The Morgan fingerprint density at radius 2 is 1.17 bits per heavy atom. The molecular formula is C17H29P. The second-order valence-corrected chi connectivity index (χ2v) is 11.9. The van der Waals surface area contributed by atoms with Crippen LogP contribution in [0.2, 0.25) is 0 Å². The van der Waals surface area contributed by atoms with Crippen LogP contribution in [0.25, 0.3) is 0 Å². The summed E-state index contributed by atoms with van der Waals surface area (Å²) >= 11 is 0. The van der Waals surface area contributed by atoms with E-state index in [1.807, 2.05) is 0 Å². The highest BCUT2D eigenvalue weighted by Crippen LogP contribution is 2.79. The fourth-order valence-corrected chi connectivity index (χ4v) is 12.2. The van der Waals surface area contributed by atoms with Crippen LogP contribution in [0.5, 0.6) is 0 Å². The van der Waals surface area contributed by atoms with Crippen molar-refractivity contribution in [1.29, 1.82) is 0 Å². The van der Waals surface area contributed by atoms with Crippen LogP contribution in [0.3, 0.4) is 0 Å². The van der Waals surface area contributed by atoms with Crippen molar-refractivity contribution in [3.63, 3.8) is 0 Å². The summed E-state index contributed by atoms with van der Waals surface area (Å²) in [5.41, 5.74) is 0.994. The fraction of sp³-hybridized carbons (Fsp3) is 1.00. The first-order chi connectivity index (χ1) is 8.64. The van der Waals surface area contributed by atoms with E-state index < -0.39 is 0 Å². The average Bonchev–Trinajstić information content (AvgIpc) is 3.07. The molecule has 0 aromatic rings. The van der Waals surface area contributed by atoms with Gasteiger partial charge in [0.05, 0.1) is 0 Å². The number of hydrogen-bond acceptors (Lipinski definition) is 0. The van der Waals surface area contributed by atoms with Crippen LogP contribution in [-0.4, -0.2) is 16.0 Å². The zero-order valence-electron chi connectivity index (χ0n) is 12.3. The van der Waals surface area contributed by atoms with Crippen LogP contribution in [0.4, 0.5) is 0 Å². The summed E-state index contributed by atoms with van der Waals surface area (Å²) in [5.74, 6) is 2.28. The van der Waals surface area contributed by atoms with Gasteiger partial charge >= 0.3 is 0 Å². The molecule has 4 fully saturated rings. The van der Waals surface area contributed by atoms with E-state index in [2.05, 4.69) is 13.8 Å². The molecule has 1 heteroatoms. The van der Waals surface area contributed by atoms with Gasteiger partial charge in [-0.2, -0.15) is 0 Å². The predicted octanol–water partition coefficient (Wildman–Crippen LogP) is 5.54.